The fourth-order valence-corrected chi connectivity index (χ4v) is 4.54. The molecule has 1 aromatic carbocycles. The first-order chi connectivity index (χ1) is 14.1. The third kappa shape index (κ3) is 3.21. The molecule has 3 aromatic rings. The molecule has 0 aliphatic carbocycles. The van der Waals surface area contributed by atoms with Crippen LogP contribution >= 0.6 is 23.2 Å². The molecule has 0 unspecified atom stereocenters. The fraction of sp³-hybridized carbons (Fsp3) is 0.286. The first kappa shape index (κ1) is 18.6. The summed E-state index contributed by atoms with van der Waals surface area (Å²) in [5.41, 5.74) is 4.01. The van der Waals surface area contributed by atoms with E-state index in [-0.39, 0.29) is 11.3 Å². The smallest absolute Gasteiger partial charge is 0.253 e. The van der Waals surface area contributed by atoms with Gasteiger partial charge in [0.2, 0.25) is 0 Å². The SMILES string of the molecule is O=C1NCC2(CCNCC2)c2[nH]c(-c3ccnc(-c4ccc(Cl)c(Cl)c4)n3)cc21. The van der Waals surface area contributed by atoms with Gasteiger partial charge in [0, 0.05) is 29.4 Å². The van der Waals surface area contributed by atoms with Crippen molar-refractivity contribution < 1.29 is 4.79 Å². The highest BCUT2D eigenvalue weighted by atomic mass is 35.5. The summed E-state index contributed by atoms with van der Waals surface area (Å²) in [4.78, 5) is 25.1. The lowest BCUT2D eigenvalue weighted by Gasteiger charge is -2.40. The Labute approximate surface area is 178 Å². The number of aromatic amines is 1. The maximum absolute atomic E-state index is 12.5. The van der Waals surface area contributed by atoms with Gasteiger partial charge in [-0.25, -0.2) is 9.97 Å². The molecule has 1 amide bonds. The number of carbonyl (C=O) groups is 1. The molecule has 1 saturated heterocycles. The van der Waals surface area contributed by atoms with Gasteiger partial charge < -0.3 is 15.6 Å². The summed E-state index contributed by atoms with van der Waals surface area (Å²) in [5.74, 6) is 0.514. The molecule has 0 radical (unpaired) electrons. The molecule has 5 rings (SSSR count). The highest BCUT2D eigenvalue weighted by molar-refractivity contribution is 6.42. The topological polar surface area (TPSA) is 82.7 Å². The van der Waals surface area contributed by atoms with E-state index in [0.717, 1.165) is 48.6 Å². The van der Waals surface area contributed by atoms with Gasteiger partial charge in [-0.1, -0.05) is 23.2 Å². The number of fused-ring (bicyclic) bond motifs is 2. The molecule has 6 nitrogen and oxygen atoms in total. The van der Waals surface area contributed by atoms with Crippen LogP contribution in [0.1, 0.15) is 28.9 Å². The van der Waals surface area contributed by atoms with Crippen LogP contribution in [-0.4, -0.2) is 40.5 Å². The fourth-order valence-electron chi connectivity index (χ4n) is 4.24. The number of rotatable bonds is 2. The average Bonchev–Trinajstić information content (AvgIpc) is 3.21. The molecule has 1 spiro atoms. The van der Waals surface area contributed by atoms with Gasteiger partial charge in [-0.2, -0.15) is 0 Å². The molecule has 1 fully saturated rings. The highest BCUT2D eigenvalue weighted by Gasteiger charge is 2.42. The molecular formula is C21H19Cl2N5O. The summed E-state index contributed by atoms with van der Waals surface area (Å²) in [6.45, 7) is 2.55. The molecule has 2 aliphatic rings. The van der Waals surface area contributed by atoms with Gasteiger partial charge in [0.25, 0.3) is 5.91 Å². The number of aromatic nitrogens is 3. The second kappa shape index (κ2) is 7.13. The van der Waals surface area contributed by atoms with E-state index in [2.05, 4.69) is 20.6 Å². The van der Waals surface area contributed by atoms with E-state index in [1.54, 1.807) is 18.3 Å². The number of carbonyl (C=O) groups excluding carboxylic acids is 1. The third-order valence-corrected chi connectivity index (χ3v) is 6.59. The van der Waals surface area contributed by atoms with E-state index in [9.17, 15) is 4.79 Å². The number of piperidine rings is 1. The summed E-state index contributed by atoms with van der Waals surface area (Å²) >= 11 is 12.2. The van der Waals surface area contributed by atoms with Gasteiger partial charge in [0.15, 0.2) is 5.82 Å². The van der Waals surface area contributed by atoms with Crippen LogP contribution in [-0.2, 0) is 5.41 Å². The molecule has 8 heteroatoms. The molecule has 29 heavy (non-hydrogen) atoms. The minimum atomic E-state index is -0.0493. The molecule has 4 heterocycles. The van der Waals surface area contributed by atoms with Gasteiger partial charge in [-0.15, -0.1) is 0 Å². The minimum Gasteiger partial charge on any atom is -0.356 e. The minimum absolute atomic E-state index is 0.0366. The van der Waals surface area contributed by atoms with Crippen LogP contribution < -0.4 is 10.6 Å². The quantitative estimate of drug-likeness (QED) is 0.580. The monoisotopic (exact) mass is 427 g/mol. The van der Waals surface area contributed by atoms with Crippen molar-refractivity contribution in [1.82, 2.24) is 25.6 Å². The molecule has 3 N–H and O–H groups in total. The molecule has 0 atom stereocenters. The number of nitrogens with zero attached hydrogens (tertiary/aromatic N) is 2. The number of halogens is 2. The second-order valence-electron chi connectivity index (χ2n) is 7.58. The lowest BCUT2D eigenvalue weighted by Crippen LogP contribution is -2.51. The zero-order valence-electron chi connectivity index (χ0n) is 15.6. The standard InChI is InChI=1S/C21H19Cl2N5O/c22-14-2-1-12(9-15(14)23)19-25-6-3-16(28-19)17-10-13-18(27-17)21(11-26-20(13)29)4-7-24-8-5-21/h1-3,6,9-10,24,27H,4-5,7-8,11H2,(H,26,29). The van der Waals surface area contributed by atoms with Crippen molar-refractivity contribution in [2.24, 2.45) is 0 Å². The number of hydrogen-bond acceptors (Lipinski definition) is 4. The summed E-state index contributed by atoms with van der Waals surface area (Å²) < 4.78 is 0. The van der Waals surface area contributed by atoms with E-state index in [0.29, 0.717) is 28.0 Å². The molecule has 2 aromatic heterocycles. The Morgan fingerprint density at radius 3 is 2.66 bits per heavy atom. The van der Waals surface area contributed by atoms with Crippen molar-refractivity contribution >= 4 is 29.1 Å². The van der Waals surface area contributed by atoms with Crippen molar-refractivity contribution in [1.29, 1.82) is 0 Å². The van der Waals surface area contributed by atoms with Crippen LogP contribution in [0.4, 0.5) is 0 Å². The lowest BCUT2D eigenvalue weighted by molar-refractivity contribution is 0.0913. The van der Waals surface area contributed by atoms with Gasteiger partial charge in [-0.05, 0) is 56.3 Å². The summed E-state index contributed by atoms with van der Waals surface area (Å²) in [6.07, 6.45) is 3.68. The number of hydrogen-bond donors (Lipinski definition) is 3. The zero-order chi connectivity index (χ0) is 20.0. The maximum atomic E-state index is 12.5. The first-order valence-corrected chi connectivity index (χ1v) is 10.3. The van der Waals surface area contributed by atoms with Gasteiger partial charge in [-0.3, -0.25) is 4.79 Å². The van der Waals surface area contributed by atoms with E-state index in [4.69, 9.17) is 28.2 Å². The van der Waals surface area contributed by atoms with Gasteiger partial charge >= 0.3 is 0 Å². The lowest BCUT2D eigenvalue weighted by atomic mass is 9.73. The molecule has 148 valence electrons. The summed E-state index contributed by atoms with van der Waals surface area (Å²) in [5, 5.41) is 7.41. The van der Waals surface area contributed by atoms with E-state index < -0.39 is 0 Å². The van der Waals surface area contributed by atoms with Crippen LogP contribution in [0.2, 0.25) is 10.0 Å². The number of H-pyrrole nitrogens is 1. The van der Waals surface area contributed by atoms with Crippen molar-refractivity contribution in [2.75, 3.05) is 19.6 Å². The highest BCUT2D eigenvalue weighted by Crippen LogP contribution is 2.39. The average molecular weight is 428 g/mol. The van der Waals surface area contributed by atoms with Crippen LogP contribution in [0.3, 0.4) is 0 Å². The van der Waals surface area contributed by atoms with Gasteiger partial charge in [0.05, 0.1) is 27.0 Å². The van der Waals surface area contributed by atoms with E-state index in [1.807, 2.05) is 18.2 Å². The number of amides is 1. The molecule has 2 aliphatic heterocycles. The Morgan fingerprint density at radius 1 is 1.03 bits per heavy atom. The Morgan fingerprint density at radius 2 is 1.86 bits per heavy atom. The Bertz CT molecular complexity index is 1100. The maximum Gasteiger partial charge on any atom is 0.253 e. The molecule has 0 saturated carbocycles. The van der Waals surface area contributed by atoms with Crippen LogP contribution in [0.15, 0.2) is 36.5 Å². The predicted octanol–water partition coefficient (Wildman–Crippen LogP) is 3.81. The Hall–Kier alpha value is -2.41. The predicted molar refractivity (Wildman–Crippen MR) is 113 cm³/mol. The van der Waals surface area contributed by atoms with Crippen molar-refractivity contribution in [2.45, 2.75) is 18.3 Å². The molecular weight excluding hydrogens is 409 g/mol. The van der Waals surface area contributed by atoms with E-state index in [1.165, 1.54) is 0 Å². The Kier molecular flexibility index (Phi) is 4.57. The largest absolute Gasteiger partial charge is 0.356 e. The Balaban J connectivity index is 1.56. The van der Waals surface area contributed by atoms with E-state index >= 15 is 0 Å². The summed E-state index contributed by atoms with van der Waals surface area (Å²) in [7, 11) is 0. The number of benzene rings is 1. The second-order valence-corrected chi connectivity index (χ2v) is 8.39. The van der Waals surface area contributed by atoms with Crippen LogP contribution in [0.25, 0.3) is 22.8 Å². The van der Waals surface area contributed by atoms with Crippen LogP contribution in [0, 0.1) is 0 Å². The summed E-state index contributed by atoms with van der Waals surface area (Å²) in [6, 6.07) is 9.05. The van der Waals surface area contributed by atoms with Crippen molar-refractivity contribution in [3.8, 4) is 22.8 Å². The zero-order valence-corrected chi connectivity index (χ0v) is 17.1. The molecule has 0 bridgehead atoms. The first-order valence-electron chi connectivity index (χ1n) is 9.57. The third-order valence-electron chi connectivity index (χ3n) is 5.85. The van der Waals surface area contributed by atoms with Crippen molar-refractivity contribution in [3.63, 3.8) is 0 Å². The number of nitrogens with one attached hydrogen (secondary N) is 3. The normalized spacial score (nSPS) is 17.8. The van der Waals surface area contributed by atoms with Gasteiger partial charge in [0.1, 0.15) is 0 Å². The van der Waals surface area contributed by atoms with Crippen LogP contribution in [0.5, 0.6) is 0 Å². The van der Waals surface area contributed by atoms with Crippen molar-refractivity contribution in [3.05, 3.63) is 57.8 Å².